The molecule has 0 saturated carbocycles. The average Bonchev–Trinajstić information content (AvgIpc) is 3.11. The number of hydrogen-bond donors (Lipinski definition) is 4. The molecule has 0 aromatic carbocycles. The highest BCUT2D eigenvalue weighted by Crippen LogP contribution is 2.29. The zero-order chi connectivity index (χ0) is 17.4. The fourth-order valence-corrected chi connectivity index (χ4v) is 2.62. The fraction of sp³-hybridized carbons (Fsp3) is 0.533. The lowest BCUT2D eigenvalue weighted by Gasteiger charge is -2.20. The maximum atomic E-state index is 11.6. The summed E-state index contributed by atoms with van der Waals surface area (Å²) < 4.78 is 0. The lowest BCUT2D eigenvalue weighted by atomic mass is 9.84. The summed E-state index contributed by atoms with van der Waals surface area (Å²) in [6.07, 6.45) is 3.36. The Kier molecular flexibility index (Phi) is 6.62. The molecule has 0 saturated heterocycles. The zero-order valence-electron chi connectivity index (χ0n) is 13.5. The number of aromatic nitrogens is 5. The van der Waals surface area contributed by atoms with Gasteiger partial charge in [-0.2, -0.15) is 5.21 Å². The summed E-state index contributed by atoms with van der Waals surface area (Å²) in [4.78, 5) is 16.0. The molecule has 2 heterocycles. The highest BCUT2D eigenvalue weighted by atomic mass is 16.4. The first-order valence-electron chi connectivity index (χ1n) is 7.91. The van der Waals surface area contributed by atoms with Gasteiger partial charge in [0.1, 0.15) is 0 Å². The number of pyridine rings is 1. The van der Waals surface area contributed by atoms with Crippen molar-refractivity contribution in [3.8, 4) is 0 Å². The number of hydrogen-bond acceptors (Lipinski definition) is 7. The summed E-state index contributed by atoms with van der Waals surface area (Å²) in [6, 6.07) is 3.68. The van der Waals surface area contributed by atoms with Gasteiger partial charge in [-0.1, -0.05) is 18.6 Å². The van der Waals surface area contributed by atoms with Crippen molar-refractivity contribution in [3.05, 3.63) is 29.8 Å². The molecule has 2 aromatic rings. The number of rotatable bonds is 10. The second-order valence-corrected chi connectivity index (χ2v) is 5.50. The lowest BCUT2D eigenvalue weighted by molar-refractivity contribution is -0.143. The number of aliphatic hydroxyl groups is 1. The van der Waals surface area contributed by atoms with Gasteiger partial charge in [0.25, 0.3) is 0 Å². The maximum Gasteiger partial charge on any atom is 0.307 e. The molecule has 1 unspecified atom stereocenters. The number of carbonyl (C=O) groups is 1. The number of aliphatic carboxylic acids is 1. The average molecular weight is 334 g/mol. The van der Waals surface area contributed by atoms with Crippen LogP contribution >= 0.6 is 0 Å². The second-order valence-electron chi connectivity index (χ2n) is 5.50. The molecule has 9 nitrogen and oxygen atoms in total. The van der Waals surface area contributed by atoms with Crippen LogP contribution in [0, 0.1) is 5.92 Å². The minimum Gasteiger partial charge on any atom is -0.481 e. The van der Waals surface area contributed by atoms with Crippen LogP contribution in [0.15, 0.2) is 18.3 Å². The Morgan fingerprint density at radius 3 is 2.79 bits per heavy atom. The number of carboxylic acid groups (broad SMARTS) is 1. The first kappa shape index (κ1) is 17.8. The van der Waals surface area contributed by atoms with E-state index in [0.29, 0.717) is 25.2 Å². The van der Waals surface area contributed by atoms with Crippen LogP contribution in [0.4, 0.5) is 5.69 Å². The molecule has 0 amide bonds. The van der Waals surface area contributed by atoms with Crippen LogP contribution in [0.5, 0.6) is 0 Å². The molecule has 2 atom stereocenters. The molecule has 9 heteroatoms. The van der Waals surface area contributed by atoms with Crippen molar-refractivity contribution in [3.63, 3.8) is 0 Å². The smallest absolute Gasteiger partial charge is 0.307 e. The van der Waals surface area contributed by atoms with E-state index in [1.165, 1.54) is 0 Å². The third-order valence-corrected chi connectivity index (χ3v) is 3.79. The molecule has 0 fully saturated rings. The molecule has 130 valence electrons. The monoisotopic (exact) mass is 334 g/mol. The molecular formula is C15H22N6O3. The predicted molar refractivity (Wildman–Crippen MR) is 86.5 cm³/mol. The van der Waals surface area contributed by atoms with E-state index in [-0.39, 0.29) is 6.61 Å². The first-order chi connectivity index (χ1) is 11.7. The van der Waals surface area contributed by atoms with Gasteiger partial charge in [-0.15, -0.1) is 10.2 Å². The standard InChI is InChI=1S/C15H22N6O3/c1-2-3-12(15(23)24)13(14-18-20-21-19-14)8-10-4-5-11(9-17-10)16-6-7-22/h4-5,9,12-13,16,22H,2-3,6-8H2,1H3,(H,23,24)(H,18,19,20,21)/t12?,13-/m0/s1. The number of carboxylic acids is 1. The summed E-state index contributed by atoms with van der Waals surface area (Å²) in [5.41, 5.74) is 1.55. The van der Waals surface area contributed by atoms with Gasteiger partial charge in [0.05, 0.1) is 24.4 Å². The van der Waals surface area contributed by atoms with E-state index in [4.69, 9.17) is 5.11 Å². The van der Waals surface area contributed by atoms with Crippen LogP contribution in [0.2, 0.25) is 0 Å². The Labute approximate surface area is 139 Å². The zero-order valence-corrected chi connectivity index (χ0v) is 13.5. The minimum atomic E-state index is -0.868. The van der Waals surface area contributed by atoms with Crippen LogP contribution in [0.25, 0.3) is 0 Å². The summed E-state index contributed by atoms with van der Waals surface area (Å²) in [5, 5.41) is 35.3. The van der Waals surface area contributed by atoms with Crippen molar-refractivity contribution in [2.24, 2.45) is 5.92 Å². The van der Waals surface area contributed by atoms with E-state index in [0.717, 1.165) is 17.8 Å². The van der Waals surface area contributed by atoms with Crippen molar-refractivity contribution in [1.82, 2.24) is 25.6 Å². The van der Waals surface area contributed by atoms with Crippen LogP contribution in [-0.2, 0) is 11.2 Å². The van der Waals surface area contributed by atoms with Gasteiger partial charge in [-0.05, 0) is 18.6 Å². The Morgan fingerprint density at radius 2 is 2.25 bits per heavy atom. The summed E-state index contributed by atoms with van der Waals surface area (Å²) >= 11 is 0. The molecule has 2 rings (SSSR count). The van der Waals surface area contributed by atoms with E-state index < -0.39 is 17.8 Å². The van der Waals surface area contributed by atoms with Crippen LogP contribution in [0.3, 0.4) is 0 Å². The number of nitrogens with one attached hydrogen (secondary N) is 2. The highest BCUT2D eigenvalue weighted by molar-refractivity contribution is 5.71. The number of aliphatic hydroxyl groups excluding tert-OH is 1. The van der Waals surface area contributed by atoms with E-state index >= 15 is 0 Å². The van der Waals surface area contributed by atoms with Crippen molar-refractivity contribution >= 4 is 11.7 Å². The van der Waals surface area contributed by atoms with Gasteiger partial charge in [0.15, 0.2) is 5.82 Å². The van der Waals surface area contributed by atoms with E-state index in [2.05, 4.69) is 30.9 Å². The number of anilines is 1. The summed E-state index contributed by atoms with van der Waals surface area (Å²) in [5.74, 6) is -1.47. The molecule has 0 aliphatic heterocycles. The Bertz CT molecular complexity index is 617. The largest absolute Gasteiger partial charge is 0.481 e. The first-order valence-corrected chi connectivity index (χ1v) is 7.91. The molecule has 0 aliphatic carbocycles. The fourth-order valence-electron chi connectivity index (χ4n) is 2.62. The molecule has 0 bridgehead atoms. The van der Waals surface area contributed by atoms with Gasteiger partial charge in [-0.25, -0.2) is 0 Å². The third-order valence-electron chi connectivity index (χ3n) is 3.79. The van der Waals surface area contributed by atoms with Crippen LogP contribution < -0.4 is 5.32 Å². The SMILES string of the molecule is CCCC(C(=O)O)[C@H](Cc1ccc(NCCO)cn1)c1nn[nH]n1. The van der Waals surface area contributed by atoms with Gasteiger partial charge in [0.2, 0.25) is 0 Å². The van der Waals surface area contributed by atoms with Crippen molar-refractivity contribution in [1.29, 1.82) is 0 Å². The Morgan fingerprint density at radius 1 is 1.42 bits per heavy atom. The predicted octanol–water partition coefficient (Wildman–Crippen LogP) is 0.826. The van der Waals surface area contributed by atoms with E-state index in [1.54, 1.807) is 6.20 Å². The highest BCUT2D eigenvalue weighted by Gasteiger charge is 2.32. The van der Waals surface area contributed by atoms with Crippen LogP contribution in [-0.4, -0.2) is 54.9 Å². The normalized spacial score (nSPS) is 13.4. The topological polar surface area (TPSA) is 137 Å². The van der Waals surface area contributed by atoms with Gasteiger partial charge in [0, 0.05) is 24.6 Å². The number of H-pyrrole nitrogens is 1. The van der Waals surface area contributed by atoms with E-state index in [9.17, 15) is 9.90 Å². The summed E-state index contributed by atoms with van der Waals surface area (Å²) in [6.45, 7) is 2.44. The molecular weight excluding hydrogens is 312 g/mol. The minimum absolute atomic E-state index is 0.0406. The molecule has 0 aliphatic rings. The second kappa shape index (κ2) is 8.92. The number of aromatic amines is 1. The number of tetrazole rings is 1. The van der Waals surface area contributed by atoms with Gasteiger partial charge < -0.3 is 15.5 Å². The maximum absolute atomic E-state index is 11.6. The van der Waals surface area contributed by atoms with Crippen molar-refractivity contribution in [2.75, 3.05) is 18.5 Å². The van der Waals surface area contributed by atoms with Gasteiger partial charge in [-0.3, -0.25) is 9.78 Å². The van der Waals surface area contributed by atoms with Gasteiger partial charge >= 0.3 is 5.97 Å². The Hall–Kier alpha value is -2.55. The molecule has 2 aromatic heterocycles. The third kappa shape index (κ3) is 4.72. The van der Waals surface area contributed by atoms with E-state index in [1.807, 2.05) is 19.1 Å². The van der Waals surface area contributed by atoms with Crippen molar-refractivity contribution in [2.45, 2.75) is 32.1 Å². The molecule has 0 radical (unpaired) electrons. The number of nitrogens with zero attached hydrogens (tertiary/aromatic N) is 4. The summed E-state index contributed by atoms with van der Waals surface area (Å²) in [7, 11) is 0. The van der Waals surface area contributed by atoms with Crippen LogP contribution in [0.1, 0.15) is 37.2 Å². The molecule has 4 N–H and O–H groups in total. The lowest BCUT2D eigenvalue weighted by Crippen LogP contribution is -2.25. The Balaban J connectivity index is 2.17. The molecule has 24 heavy (non-hydrogen) atoms. The van der Waals surface area contributed by atoms with Crippen molar-refractivity contribution < 1.29 is 15.0 Å². The quantitative estimate of drug-likeness (QED) is 0.501. The molecule has 0 spiro atoms.